The molecule has 1 aromatic rings. The van der Waals surface area contributed by atoms with E-state index in [2.05, 4.69) is 5.32 Å². The Bertz CT molecular complexity index is 511. The Morgan fingerprint density at radius 2 is 2.00 bits per heavy atom. The summed E-state index contributed by atoms with van der Waals surface area (Å²) in [5, 5.41) is 2.73. The van der Waals surface area contributed by atoms with Crippen LogP contribution in [0.2, 0.25) is 0 Å². The maximum Gasteiger partial charge on any atom is 0.252 e. The molecule has 0 radical (unpaired) electrons. The van der Waals surface area contributed by atoms with Gasteiger partial charge in [0, 0.05) is 23.5 Å². The molecule has 1 N–H and O–H groups in total. The van der Waals surface area contributed by atoms with Crippen LogP contribution in [0.5, 0.6) is 0 Å². The van der Waals surface area contributed by atoms with E-state index in [4.69, 9.17) is 0 Å². The maximum absolute atomic E-state index is 12.2. The lowest BCUT2D eigenvalue weighted by molar-refractivity contribution is -0.129. The molecule has 5 heteroatoms. The molecule has 1 heterocycles. The Labute approximate surface area is 123 Å². The van der Waals surface area contributed by atoms with Gasteiger partial charge in [-0.1, -0.05) is 6.07 Å². The van der Waals surface area contributed by atoms with Crippen LogP contribution in [0.4, 0.5) is 0 Å². The van der Waals surface area contributed by atoms with E-state index in [1.165, 1.54) is 0 Å². The Kier molecular flexibility index (Phi) is 5.06. The molecule has 1 aliphatic heterocycles. The van der Waals surface area contributed by atoms with E-state index < -0.39 is 0 Å². The van der Waals surface area contributed by atoms with Crippen molar-refractivity contribution in [3.63, 3.8) is 0 Å². The van der Waals surface area contributed by atoms with Gasteiger partial charge in [0.15, 0.2) is 0 Å². The van der Waals surface area contributed by atoms with Gasteiger partial charge in [0.05, 0.1) is 6.54 Å². The highest BCUT2D eigenvalue weighted by Crippen LogP contribution is 2.19. The number of likely N-dealkylation sites (tertiary alicyclic amines) is 1. The zero-order valence-electron chi connectivity index (χ0n) is 11.9. The zero-order chi connectivity index (χ0) is 14.5. The number of carbonyl (C=O) groups is 2. The molecule has 0 saturated carbocycles. The molecule has 0 spiro atoms. The van der Waals surface area contributed by atoms with Gasteiger partial charge in [0.25, 0.3) is 5.91 Å². The van der Waals surface area contributed by atoms with Crippen LogP contribution in [0.1, 0.15) is 28.8 Å². The normalized spacial score (nSPS) is 14.4. The second-order valence-corrected chi connectivity index (χ2v) is 5.83. The Morgan fingerprint density at radius 1 is 1.30 bits per heavy atom. The van der Waals surface area contributed by atoms with E-state index >= 15 is 0 Å². The van der Waals surface area contributed by atoms with Crippen molar-refractivity contribution in [2.75, 3.05) is 25.9 Å². The molecule has 4 nitrogen and oxygen atoms in total. The Morgan fingerprint density at radius 3 is 2.65 bits per heavy atom. The largest absolute Gasteiger partial charge is 0.343 e. The molecule has 0 aromatic heterocycles. The van der Waals surface area contributed by atoms with Gasteiger partial charge in [-0.3, -0.25) is 9.59 Å². The minimum atomic E-state index is -0.175. The van der Waals surface area contributed by atoms with E-state index in [1.807, 2.05) is 36.3 Å². The van der Waals surface area contributed by atoms with Crippen LogP contribution < -0.4 is 5.32 Å². The number of nitrogens with zero attached hydrogens (tertiary/aromatic N) is 1. The molecule has 0 atom stereocenters. The minimum Gasteiger partial charge on any atom is -0.343 e. The molecule has 0 aliphatic carbocycles. The monoisotopic (exact) mass is 292 g/mol. The third kappa shape index (κ3) is 3.54. The highest BCUT2D eigenvalue weighted by atomic mass is 32.2. The molecule has 1 aromatic carbocycles. The highest BCUT2D eigenvalue weighted by Gasteiger charge is 2.18. The maximum atomic E-state index is 12.2. The number of amides is 2. The molecule has 1 aliphatic rings. The summed E-state index contributed by atoms with van der Waals surface area (Å²) < 4.78 is 0. The van der Waals surface area contributed by atoms with Crippen LogP contribution in [-0.2, 0) is 4.79 Å². The molecular formula is C15H20N2O2S. The fourth-order valence-corrected chi connectivity index (χ4v) is 2.74. The fraction of sp³-hybridized carbons (Fsp3) is 0.467. The van der Waals surface area contributed by atoms with E-state index in [0.717, 1.165) is 36.4 Å². The second kappa shape index (κ2) is 6.79. The van der Waals surface area contributed by atoms with Gasteiger partial charge in [-0.25, -0.2) is 0 Å². The van der Waals surface area contributed by atoms with E-state index in [1.54, 1.807) is 11.8 Å². The number of hydrogen-bond donors (Lipinski definition) is 1. The van der Waals surface area contributed by atoms with Crippen LogP contribution in [0.15, 0.2) is 23.1 Å². The SMILES string of the molecule is CSc1ccc(C)c(C(=O)NCC(=O)N2CCCC2)c1. The number of rotatable bonds is 4. The first-order valence-electron chi connectivity index (χ1n) is 6.82. The predicted molar refractivity (Wildman–Crippen MR) is 81.1 cm³/mol. The summed E-state index contributed by atoms with van der Waals surface area (Å²) in [6.45, 7) is 3.62. The lowest BCUT2D eigenvalue weighted by Gasteiger charge is -2.16. The van der Waals surface area contributed by atoms with Crippen LogP contribution in [0, 0.1) is 6.92 Å². The summed E-state index contributed by atoms with van der Waals surface area (Å²) in [6, 6.07) is 5.80. The lowest BCUT2D eigenvalue weighted by atomic mass is 10.1. The molecule has 108 valence electrons. The van der Waals surface area contributed by atoms with Crippen molar-refractivity contribution in [3.8, 4) is 0 Å². The highest BCUT2D eigenvalue weighted by molar-refractivity contribution is 7.98. The third-order valence-corrected chi connectivity index (χ3v) is 4.27. The van der Waals surface area contributed by atoms with Crippen molar-refractivity contribution in [3.05, 3.63) is 29.3 Å². The lowest BCUT2D eigenvalue weighted by Crippen LogP contribution is -2.38. The minimum absolute atomic E-state index is 0.00882. The Hall–Kier alpha value is -1.49. The number of nitrogens with one attached hydrogen (secondary N) is 1. The van der Waals surface area contributed by atoms with Gasteiger partial charge in [-0.2, -0.15) is 0 Å². The molecule has 1 saturated heterocycles. The standard InChI is InChI=1S/C15H20N2O2S/c1-11-5-6-12(20-2)9-13(11)15(19)16-10-14(18)17-7-3-4-8-17/h5-6,9H,3-4,7-8,10H2,1-2H3,(H,16,19). The predicted octanol–water partition coefficient (Wildman–Crippen LogP) is 2.07. The van der Waals surface area contributed by atoms with Crippen LogP contribution in [0.25, 0.3) is 0 Å². The van der Waals surface area contributed by atoms with E-state index in [0.29, 0.717) is 5.56 Å². The quantitative estimate of drug-likeness (QED) is 0.864. The van der Waals surface area contributed by atoms with Gasteiger partial charge in [0.1, 0.15) is 0 Å². The number of hydrogen-bond acceptors (Lipinski definition) is 3. The van der Waals surface area contributed by atoms with Gasteiger partial charge < -0.3 is 10.2 Å². The summed E-state index contributed by atoms with van der Waals surface area (Å²) in [6.07, 6.45) is 4.10. The van der Waals surface area contributed by atoms with Crippen molar-refractivity contribution >= 4 is 23.6 Å². The van der Waals surface area contributed by atoms with Crippen molar-refractivity contribution in [1.29, 1.82) is 0 Å². The van der Waals surface area contributed by atoms with Crippen LogP contribution in [-0.4, -0.2) is 42.6 Å². The second-order valence-electron chi connectivity index (χ2n) is 4.95. The van der Waals surface area contributed by atoms with Gasteiger partial charge in [0.2, 0.25) is 5.91 Å². The first-order chi connectivity index (χ1) is 9.61. The zero-order valence-corrected chi connectivity index (χ0v) is 12.8. The van der Waals surface area contributed by atoms with Gasteiger partial charge in [-0.15, -0.1) is 11.8 Å². The summed E-state index contributed by atoms with van der Waals surface area (Å²) >= 11 is 1.60. The summed E-state index contributed by atoms with van der Waals surface area (Å²) in [5.74, 6) is -0.166. The van der Waals surface area contributed by atoms with Gasteiger partial charge in [-0.05, 0) is 43.7 Å². The molecule has 2 amide bonds. The topological polar surface area (TPSA) is 49.4 Å². The smallest absolute Gasteiger partial charge is 0.252 e. The van der Waals surface area contributed by atoms with Crippen molar-refractivity contribution in [1.82, 2.24) is 10.2 Å². The first kappa shape index (κ1) is 14.9. The van der Waals surface area contributed by atoms with Crippen LogP contribution in [0.3, 0.4) is 0 Å². The van der Waals surface area contributed by atoms with Crippen LogP contribution >= 0.6 is 11.8 Å². The number of carbonyl (C=O) groups excluding carboxylic acids is 2. The first-order valence-corrected chi connectivity index (χ1v) is 8.05. The average Bonchev–Trinajstić information content (AvgIpc) is 2.99. The van der Waals surface area contributed by atoms with E-state index in [-0.39, 0.29) is 18.4 Å². The molecule has 2 rings (SSSR count). The molecule has 1 fully saturated rings. The van der Waals surface area contributed by atoms with Crippen molar-refractivity contribution < 1.29 is 9.59 Å². The average molecular weight is 292 g/mol. The molecule has 20 heavy (non-hydrogen) atoms. The third-order valence-electron chi connectivity index (χ3n) is 3.55. The van der Waals surface area contributed by atoms with Crippen molar-refractivity contribution in [2.45, 2.75) is 24.7 Å². The summed E-state index contributed by atoms with van der Waals surface area (Å²) in [4.78, 5) is 26.9. The summed E-state index contributed by atoms with van der Waals surface area (Å²) in [7, 11) is 0. The van der Waals surface area contributed by atoms with Crippen molar-refractivity contribution in [2.24, 2.45) is 0 Å². The number of benzene rings is 1. The molecule has 0 bridgehead atoms. The van der Waals surface area contributed by atoms with Gasteiger partial charge >= 0.3 is 0 Å². The number of aryl methyl sites for hydroxylation is 1. The fourth-order valence-electron chi connectivity index (χ4n) is 2.30. The number of thioether (sulfide) groups is 1. The Balaban J connectivity index is 1.96. The summed E-state index contributed by atoms with van der Waals surface area (Å²) in [5.41, 5.74) is 1.57. The molecular weight excluding hydrogens is 272 g/mol. The molecule has 0 unspecified atom stereocenters. The van der Waals surface area contributed by atoms with E-state index in [9.17, 15) is 9.59 Å².